The van der Waals surface area contributed by atoms with Gasteiger partial charge in [0.15, 0.2) is 5.96 Å². The highest BCUT2D eigenvalue weighted by Gasteiger charge is 2.23. The average Bonchev–Trinajstić information content (AvgIpc) is 2.60. The maximum atomic E-state index is 11.6. The molecule has 0 bridgehead atoms. The second-order valence-electron chi connectivity index (χ2n) is 7.42. The van der Waals surface area contributed by atoms with Crippen molar-refractivity contribution in [3.05, 3.63) is 0 Å². The van der Waals surface area contributed by atoms with Gasteiger partial charge in [0, 0.05) is 50.8 Å². The van der Waals surface area contributed by atoms with Crippen LogP contribution >= 0.6 is 0 Å². The van der Waals surface area contributed by atoms with E-state index >= 15 is 0 Å². The molecule has 0 saturated carbocycles. The van der Waals surface area contributed by atoms with Crippen LogP contribution in [-0.2, 0) is 4.74 Å². The molecule has 1 aliphatic heterocycles. The Labute approximate surface area is 159 Å². The number of piperidine rings is 1. The summed E-state index contributed by atoms with van der Waals surface area (Å²) in [5, 5.41) is 6.84. The zero-order chi connectivity index (χ0) is 19.5. The molecule has 0 spiro atoms. The summed E-state index contributed by atoms with van der Waals surface area (Å²) in [6.45, 7) is 15.2. The summed E-state index contributed by atoms with van der Waals surface area (Å²) in [4.78, 5) is 20.6. The highest BCUT2D eigenvalue weighted by Crippen LogP contribution is 2.11. The van der Waals surface area contributed by atoms with Crippen LogP contribution in [0.15, 0.2) is 4.99 Å². The molecule has 152 valence electrons. The highest BCUT2D eigenvalue weighted by atomic mass is 16.5. The van der Waals surface area contributed by atoms with E-state index in [9.17, 15) is 4.79 Å². The van der Waals surface area contributed by atoms with Crippen LogP contribution in [0.25, 0.3) is 0 Å². The van der Waals surface area contributed by atoms with Crippen molar-refractivity contribution >= 4 is 12.1 Å². The molecule has 26 heavy (non-hydrogen) atoms. The summed E-state index contributed by atoms with van der Waals surface area (Å²) in [5.41, 5.74) is 0. The maximum Gasteiger partial charge on any atom is 0.409 e. The number of hydrogen-bond donors (Lipinski definition) is 2. The lowest BCUT2D eigenvalue weighted by atomic mass is 10.1. The Morgan fingerprint density at radius 2 is 1.85 bits per heavy atom. The number of carbonyl (C=O) groups excluding carboxylic acids is 1. The van der Waals surface area contributed by atoms with Crippen LogP contribution in [0.3, 0.4) is 0 Å². The summed E-state index contributed by atoms with van der Waals surface area (Å²) in [5.74, 6) is 0.879. The second kappa shape index (κ2) is 12.0. The average molecular weight is 370 g/mol. The molecule has 0 aromatic carbocycles. The molecule has 7 nitrogen and oxygen atoms in total. The number of likely N-dealkylation sites (tertiary alicyclic amines) is 1. The van der Waals surface area contributed by atoms with Gasteiger partial charge >= 0.3 is 6.09 Å². The number of nitrogens with one attached hydrogen (secondary N) is 2. The molecule has 1 heterocycles. The monoisotopic (exact) mass is 369 g/mol. The van der Waals surface area contributed by atoms with Crippen molar-refractivity contribution in [2.75, 3.05) is 39.8 Å². The van der Waals surface area contributed by atoms with Gasteiger partial charge in [0.1, 0.15) is 0 Å². The molecule has 7 heteroatoms. The number of carbonyl (C=O) groups is 1. The highest BCUT2D eigenvalue weighted by molar-refractivity contribution is 5.80. The quantitative estimate of drug-likeness (QED) is 0.390. The fraction of sp³-hybridized carbons (Fsp3) is 0.895. The minimum atomic E-state index is -0.233. The first-order valence-corrected chi connectivity index (χ1v) is 10.0. The lowest BCUT2D eigenvalue weighted by Gasteiger charge is -2.32. The van der Waals surface area contributed by atoms with Gasteiger partial charge in [-0.15, -0.1) is 0 Å². The Morgan fingerprint density at radius 3 is 2.35 bits per heavy atom. The molecule has 0 unspecified atom stereocenters. The Balaban J connectivity index is 2.43. The number of methoxy groups -OCH3 is 1. The van der Waals surface area contributed by atoms with E-state index in [-0.39, 0.29) is 6.09 Å². The Kier molecular flexibility index (Phi) is 10.4. The van der Waals surface area contributed by atoms with Crippen LogP contribution in [0.1, 0.15) is 53.9 Å². The zero-order valence-corrected chi connectivity index (χ0v) is 17.5. The van der Waals surface area contributed by atoms with Crippen LogP contribution in [0.4, 0.5) is 4.79 Å². The molecule has 0 aromatic rings. The Bertz CT molecular complexity index is 424. The number of ether oxygens (including phenoxy) is 1. The summed E-state index contributed by atoms with van der Waals surface area (Å²) in [6.07, 6.45) is 2.64. The first-order chi connectivity index (χ1) is 12.4. The third-order valence-corrected chi connectivity index (χ3v) is 4.78. The van der Waals surface area contributed by atoms with E-state index in [2.05, 4.69) is 50.2 Å². The van der Waals surface area contributed by atoms with Crippen LogP contribution in [-0.4, -0.2) is 79.8 Å². The van der Waals surface area contributed by atoms with E-state index in [0.717, 1.165) is 57.9 Å². The normalized spacial score (nSPS) is 16.5. The molecule has 1 amide bonds. The van der Waals surface area contributed by atoms with Gasteiger partial charge in [0.05, 0.1) is 7.11 Å². The topological polar surface area (TPSA) is 69.2 Å². The van der Waals surface area contributed by atoms with Gasteiger partial charge in [-0.2, -0.15) is 0 Å². The molecule has 0 aliphatic carbocycles. The molecular weight excluding hydrogens is 330 g/mol. The lowest BCUT2D eigenvalue weighted by molar-refractivity contribution is 0.111. The van der Waals surface area contributed by atoms with Crippen molar-refractivity contribution in [3.63, 3.8) is 0 Å². The molecular formula is C19H39N5O2. The fourth-order valence-corrected chi connectivity index (χ4v) is 3.41. The largest absolute Gasteiger partial charge is 0.453 e. The van der Waals surface area contributed by atoms with Gasteiger partial charge in [-0.3, -0.25) is 9.89 Å². The Morgan fingerprint density at radius 1 is 1.23 bits per heavy atom. The first kappa shape index (κ1) is 22.5. The number of guanidine groups is 1. The SMILES string of the molecule is CCNC(=NCCCN(C(C)C)C(C)C)NC1CCN(C(=O)OC)CC1. The molecule has 1 fully saturated rings. The third-order valence-electron chi connectivity index (χ3n) is 4.78. The van der Waals surface area contributed by atoms with Gasteiger partial charge in [-0.05, 0) is 53.9 Å². The molecule has 2 N–H and O–H groups in total. The van der Waals surface area contributed by atoms with Crippen LogP contribution in [0, 0.1) is 0 Å². The standard InChI is InChI=1S/C19H39N5O2/c1-7-20-18(21-11-8-12-24(15(2)3)16(4)5)22-17-9-13-23(14-10-17)19(25)26-6/h15-17H,7-14H2,1-6H3,(H2,20,21,22). The summed E-state index contributed by atoms with van der Waals surface area (Å²) >= 11 is 0. The molecule has 1 aliphatic rings. The molecule has 0 atom stereocenters. The smallest absolute Gasteiger partial charge is 0.409 e. The Hall–Kier alpha value is -1.50. The van der Waals surface area contributed by atoms with Crippen LogP contribution in [0.2, 0.25) is 0 Å². The number of nitrogens with zero attached hydrogens (tertiary/aromatic N) is 3. The zero-order valence-electron chi connectivity index (χ0n) is 17.5. The van der Waals surface area contributed by atoms with Gasteiger partial charge in [0.2, 0.25) is 0 Å². The fourth-order valence-electron chi connectivity index (χ4n) is 3.41. The van der Waals surface area contributed by atoms with Crippen LogP contribution < -0.4 is 10.6 Å². The number of rotatable bonds is 8. The van der Waals surface area contributed by atoms with Crippen LogP contribution in [0.5, 0.6) is 0 Å². The van der Waals surface area contributed by atoms with Crippen molar-refractivity contribution in [1.82, 2.24) is 20.4 Å². The minimum Gasteiger partial charge on any atom is -0.453 e. The number of amides is 1. The third kappa shape index (κ3) is 7.81. The minimum absolute atomic E-state index is 0.233. The summed E-state index contributed by atoms with van der Waals surface area (Å²) in [7, 11) is 1.43. The van der Waals surface area contributed by atoms with Crippen molar-refractivity contribution in [2.45, 2.75) is 72.0 Å². The first-order valence-electron chi connectivity index (χ1n) is 10.0. The van der Waals surface area contributed by atoms with Crippen molar-refractivity contribution in [2.24, 2.45) is 4.99 Å². The van der Waals surface area contributed by atoms with Gasteiger partial charge in [-0.25, -0.2) is 4.79 Å². The second-order valence-corrected chi connectivity index (χ2v) is 7.42. The predicted molar refractivity (Wildman–Crippen MR) is 108 cm³/mol. The molecule has 1 rings (SSSR count). The van der Waals surface area contributed by atoms with Gasteiger partial charge in [0.25, 0.3) is 0 Å². The molecule has 1 saturated heterocycles. The van der Waals surface area contributed by atoms with Gasteiger partial charge < -0.3 is 20.3 Å². The number of hydrogen-bond acceptors (Lipinski definition) is 4. The summed E-state index contributed by atoms with van der Waals surface area (Å²) < 4.78 is 4.79. The van der Waals surface area contributed by atoms with E-state index < -0.39 is 0 Å². The van der Waals surface area contributed by atoms with E-state index in [1.807, 2.05) is 0 Å². The van der Waals surface area contributed by atoms with E-state index in [4.69, 9.17) is 9.73 Å². The van der Waals surface area contributed by atoms with Crippen molar-refractivity contribution < 1.29 is 9.53 Å². The lowest BCUT2D eigenvalue weighted by Crippen LogP contribution is -2.49. The number of aliphatic imine (C=N–C) groups is 1. The van der Waals surface area contributed by atoms with Crippen molar-refractivity contribution in [1.29, 1.82) is 0 Å². The predicted octanol–water partition coefficient (Wildman–Crippen LogP) is 2.28. The van der Waals surface area contributed by atoms with E-state index in [0.29, 0.717) is 18.1 Å². The van der Waals surface area contributed by atoms with E-state index in [1.54, 1.807) is 4.90 Å². The summed E-state index contributed by atoms with van der Waals surface area (Å²) in [6, 6.07) is 1.47. The molecule has 0 radical (unpaired) electrons. The maximum absolute atomic E-state index is 11.6. The molecule has 0 aromatic heterocycles. The van der Waals surface area contributed by atoms with E-state index in [1.165, 1.54) is 7.11 Å². The van der Waals surface area contributed by atoms with Crippen molar-refractivity contribution in [3.8, 4) is 0 Å². The van der Waals surface area contributed by atoms with Gasteiger partial charge in [-0.1, -0.05) is 0 Å².